The van der Waals surface area contributed by atoms with Crippen LogP contribution in [0.25, 0.3) is 0 Å². The minimum atomic E-state index is -0.558. The highest BCUT2D eigenvalue weighted by Gasteiger charge is 2.26. The summed E-state index contributed by atoms with van der Waals surface area (Å²) in [6.45, 7) is 2.18. The lowest BCUT2D eigenvalue weighted by atomic mass is 10.0. The van der Waals surface area contributed by atoms with Gasteiger partial charge < -0.3 is 19.9 Å². The number of hydrogen-bond acceptors (Lipinski definition) is 4. The summed E-state index contributed by atoms with van der Waals surface area (Å²) in [5.74, 6) is 1.23. The van der Waals surface area contributed by atoms with Gasteiger partial charge in [0, 0.05) is 12.5 Å². The largest absolute Gasteiger partial charge is 0.489 e. The lowest BCUT2D eigenvalue weighted by molar-refractivity contribution is 0.137. The zero-order chi connectivity index (χ0) is 13.2. The van der Waals surface area contributed by atoms with E-state index in [1.54, 1.807) is 6.07 Å². The molecular weight excluding hydrogens is 266 g/mol. The Bertz CT molecular complexity index is 460. The summed E-state index contributed by atoms with van der Waals surface area (Å²) in [5.41, 5.74) is 0.786. The minimum Gasteiger partial charge on any atom is -0.489 e. The maximum atomic E-state index is 10.4. The Labute approximate surface area is 117 Å². The van der Waals surface area contributed by atoms with Gasteiger partial charge in [0.1, 0.15) is 0 Å². The van der Waals surface area contributed by atoms with Gasteiger partial charge in [-0.15, -0.1) is 0 Å². The number of nitrogens with one attached hydrogen (secondary N) is 1. The molecule has 1 aromatic carbocycles. The average Bonchev–Trinajstić information content (AvgIpc) is 2.83. The third-order valence-electron chi connectivity index (χ3n) is 3.65. The van der Waals surface area contributed by atoms with Gasteiger partial charge in [0.2, 0.25) is 0 Å². The van der Waals surface area contributed by atoms with Crippen LogP contribution in [0.2, 0.25) is 5.02 Å². The van der Waals surface area contributed by atoms with Crippen molar-refractivity contribution in [2.45, 2.75) is 31.4 Å². The van der Waals surface area contributed by atoms with Crippen molar-refractivity contribution in [1.29, 1.82) is 0 Å². The van der Waals surface area contributed by atoms with Gasteiger partial charge in [0.05, 0.1) is 24.3 Å². The summed E-state index contributed by atoms with van der Waals surface area (Å²) >= 11 is 6.23. The zero-order valence-corrected chi connectivity index (χ0v) is 11.4. The predicted octanol–water partition coefficient (Wildman–Crippen LogP) is 2.29. The van der Waals surface area contributed by atoms with Crippen molar-refractivity contribution in [3.8, 4) is 11.5 Å². The topological polar surface area (TPSA) is 50.7 Å². The highest BCUT2D eigenvalue weighted by atomic mass is 35.5. The van der Waals surface area contributed by atoms with Gasteiger partial charge in [-0.25, -0.2) is 0 Å². The molecule has 104 valence electrons. The van der Waals surface area contributed by atoms with Crippen LogP contribution in [0.1, 0.15) is 30.9 Å². The number of halogens is 1. The Kier molecular flexibility index (Phi) is 3.82. The highest BCUT2D eigenvalue weighted by Crippen LogP contribution is 2.40. The second-order valence-corrected chi connectivity index (χ2v) is 5.44. The van der Waals surface area contributed by atoms with E-state index in [9.17, 15) is 5.11 Å². The van der Waals surface area contributed by atoms with Gasteiger partial charge in [-0.05, 0) is 37.1 Å². The number of ether oxygens (including phenoxy) is 2. The molecule has 3 rings (SSSR count). The Balaban J connectivity index is 1.89. The first kappa shape index (κ1) is 13.0. The molecule has 2 N–H and O–H groups in total. The Hall–Kier alpha value is -0.970. The van der Waals surface area contributed by atoms with Gasteiger partial charge in [-0.2, -0.15) is 0 Å². The molecule has 2 atom stereocenters. The molecule has 0 spiro atoms. The summed E-state index contributed by atoms with van der Waals surface area (Å²) < 4.78 is 11.2. The summed E-state index contributed by atoms with van der Waals surface area (Å²) in [7, 11) is 0. The summed E-state index contributed by atoms with van der Waals surface area (Å²) in [6.07, 6.45) is 2.36. The van der Waals surface area contributed by atoms with Crippen LogP contribution < -0.4 is 14.8 Å². The van der Waals surface area contributed by atoms with E-state index < -0.39 is 6.10 Å². The molecule has 4 nitrogen and oxygen atoms in total. The number of aliphatic hydroxyl groups is 1. The monoisotopic (exact) mass is 283 g/mol. The van der Waals surface area contributed by atoms with Crippen molar-refractivity contribution in [2.24, 2.45) is 0 Å². The molecule has 0 radical (unpaired) electrons. The number of fused-ring (bicyclic) bond motifs is 1. The van der Waals surface area contributed by atoms with Gasteiger partial charge in [0.15, 0.2) is 11.5 Å². The summed E-state index contributed by atoms with van der Waals surface area (Å²) in [5, 5.41) is 14.2. The van der Waals surface area contributed by atoms with Crippen LogP contribution in [0.15, 0.2) is 12.1 Å². The Morgan fingerprint density at radius 3 is 2.89 bits per heavy atom. The molecule has 19 heavy (non-hydrogen) atoms. The second-order valence-electron chi connectivity index (χ2n) is 5.03. The quantitative estimate of drug-likeness (QED) is 0.874. The van der Waals surface area contributed by atoms with Crippen LogP contribution in [0, 0.1) is 0 Å². The zero-order valence-electron chi connectivity index (χ0n) is 10.7. The maximum Gasteiger partial charge on any atom is 0.179 e. The SMILES string of the molecule is OC(c1cc(Cl)c2c(c1)OCCCO2)C1CCCN1. The normalized spacial score (nSPS) is 24.0. The van der Waals surface area contributed by atoms with Crippen molar-refractivity contribution < 1.29 is 14.6 Å². The molecule has 0 amide bonds. The fourth-order valence-electron chi connectivity index (χ4n) is 2.63. The lowest BCUT2D eigenvalue weighted by Crippen LogP contribution is -2.28. The van der Waals surface area contributed by atoms with E-state index in [0.29, 0.717) is 29.7 Å². The predicted molar refractivity (Wildman–Crippen MR) is 73.0 cm³/mol. The standard InChI is InChI=1S/C14H18ClNO3/c15-10-7-9(13(17)11-3-1-4-16-11)8-12-14(10)19-6-2-5-18-12/h7-8,11,13,16-17H,1-6H2. The minimum absolute atomic E-state index is 0.0980. The van der Waals surface area contributed by atoms with Crippen LogP contribution in [-0.2, 0) is 0 Å². The lowest BCUT2D eigenvalue weighted by Gasteiger charge is -2.20. The molecule has 2 unspecified atom stereocenters. The maximum absolute atomic E-state index is 10.4. The van der Waals surface area contributed by atoms with Crippen LogP contribution in [0.5, 0.6) is 11.5 Å². The molecule has 0 aromatic heterocycles. The second kappa shape index (κ2) is 5.57. The molecule has 1 saturated heterocycles. The van der Waals surface area contributed by atoms with E-state index in [1.807, 2.05) is 6.07 Å². The molecule has 2 aliphatic rings. The van der Waals surface area contributed by atoms with Gasteiger partial charge in [-0.3, -0.25) is 0 Å². The molecule has 2 aliphatic heterocycles. The van der Waals surface area contributed by atoms with E-state index in [0.717, 1.165) is 31.4 Å². The van der Waals surface area contributed by atoms with E-state index in [1.165, 1.54) is 0 Å². The summed E-state index contributed by atoms with van der Waals surface area (Å²) in [4.78, 5) is 0. The molecule has 5 heteroatoms. The number of rotatable bonds is 2. The molecule has 0 saturated carbocycles. The highest BCUT2D eigenvalue weighted by molar-refractivity contribution is 6.32. The van der Waals surface area contributed by atoms with E-state index in [-0.39, 0.29) is 6.04 Å². The van der Waals surface area contributed by atoms with Gasteiger partial charge in [0.25, 0.3) is 0 Å². The molecular formula is C14H18ClNO3. The van der Waals surface area contributed by atoms with Crippen LogP contribution in [0.3, 0.4) is 0 Å². The summed E-state index contributed by atoms with van der Waals surface area (Å²) in [6, 6.07) is 3.72. The first-order valence-corrected chi connectivity index (χ1v) is 7.14. The van der Waals surface area contributed by atoms with Crippen LogP contribution in [-0.4, -0.2) is 30.9 Å². The number of benzene rings is 1. The smallest absolute Gasteiger partial charge is 0.179 e. The van der Waals surface area contributed by atoms with Crippen LogP contribution >= 0.6 is 11.6 Å². The average molecular weight is 284 g/mol. The van der Waals surface area contributed by atoms with Crippen molar-refractivity contribution >= 4 is 11.6 Å². The molecule has 0 aliphatic carbocycles. The van der Waals surface area contributed by atoms with Crippen LogP contribution in [0.4, 0.5) is 0 Å². The van der Waals surface area contributed by atoms with Crippen molar-refractivity contribution in [1.82, 2.24) is 5.32 Å². The molecule has 0 bridgehead atoms. The van der Waals surface area contributed by atoms with Crippen molar-refractivity contribution in [3.63, 3.8) is 0 Å². The van der Waals surface area contributed by atoms with E-state index in [2.05, 4.69) is 5.32 Å². The third kappa shape index (κ3) is 2.66. The van der Waals surface area contributed by atoms with Crippen molar-refractivity contribution in [2.75, 3.05) is 19.8 Å². The number of aliphatic hydroxyl groups excluding tert-OH is 1. The van der Waals surface area contributed by atoms with Gasteiger partial charge >= 0.3 is 0 Å². The first-order chi connectivity index (χ1) is 9.25. The van der Waals surface area contributed by atoms with E-state index in [4.69, 9.17) is 21.1 Å². The van der Waals surface area contributed by atoms with E-state index >= 15 is 0 Å². The molecule has 2 heterocycles. The first-order valence-electron chi connectivity index (χ1n) is 6.76. The van der Waals surface area contributed by atoms with Gasteiger partial charge in [-0.1, -0.05) is 11.6 Å². The fourth-order valence-corrected chi connectivity index (χ4v) is 2.91. The Morgan fingerprint density at radius 1 is 1.26 bits per heavy atom. The fraction of sp³-hybridized carbons (Fsp3) is 0.571. The number of hydrogen-bond donors (Lipinski definition) is 2. The Morgan fingerprint density at radius 2 is 2.11 bits per heavy atom. The molecule has 1 aromatic rings. The van der Waals surface area contributed by atoms with Crippen molar-refractivity contribution in [3.05, 3.63) is 22.7 Å². The molecule has 1 fully saturated rings. The third-order valence-corrected chi connectivity index (χ3v) is 3.93.